The van der Waals surface area contributed by atoms with Gasteiger partial charge >= 0.3 is 0 Å². The summed E-state index contributed by atoms with van der Waals surface area (Å²) >= 11 is 1.59. The standard InChI is InChI=1S/C18H15FN6S/c1-25(2)18-22-13-9-11(6-7-14(13)26-18)16-12(19)10-21-17(24-16)23-15-5-3-4-8-20-15/h3-10H,1-2H3,(H,20,21,23,24). The molecule has 26 heavy (non-hydrogen) atoms. The first-order valence-electron chi connectivity index (χ1n) is 7.89. The lowest BCUT2D eigenvalue weighted by atomic mass is 10.1. The van der Waals surface area contributed by atoms with E-state index in [0.29, 0.717) is 11.4 Å². The Hall–Kier alpha value is -3.13. The molecule has 4 aromatic rings. The molecule has 3 aromatic heterocycles. The Morgan fingerprint density at radius 2 is 1.96 bits per heavy atom. The zero-order valence-electron chi connectivity index (χ0n) is 14.1. The van der Waals surface area contributed by atoms with Crippen LogP contribution in [0.2, 0.25) is 0 Å². The van der Waals surface area contributed by atoms with Crippen molar-refractivity contribution in [2.75, 3.05) is 24.3 Å². The maximum atomic E-state index is 14.3. The second-order valence-corrected chi connectivity index (χ2v) is 6.81. The van der Waals surface area contributed by atoms with Crippen LogP contribution < -0.4 is 10.2 Å². The van der Waals surface area contributed by atoms with E-state index in [-0.39, 0.29) is 11.6 Å². The number of hydrogen-bond acceptors (Lipinski definition) is 7. The summed E-state index contributed by atoms with van der Waals surface area (Å²) in [6.07, 6.45) is 2.81. The summed E-state index contributed by atoms with van der Waals surface area (Å²) in [7, 11) is 3.89. The molecule has 8 heteroatoms. The molecule has 0 aliphatic carbocycles. The van der Waals surface area contributed by atoms with Crippen LogP contribution in [0.3, 0.4) is 0 Å². The van der Waals surface area contributed by atoms with E-state index in [0.717, 1.165) is 21.5 Å². The van der Waals surface area contributed by atoms with Crippen molar-refractivity contribution >= 4 is 38.5 Å². The predicted molar refractivity (Wildman–Crippen MR) is 102 cm³/mol. The first-order chi connectivity index (χ1) is 12.6. The van der Waals surface area contributed by atoms with Gasteiger partial charge < -0.3 is 10.2 Å². The number of rotatable bonds is 4. The summed E-state index contributed by atoms with van der Waals surface area (Å²) in [5, 5.41) is 3.88. The number of nitrogens with zero attached hydrogens (tertiary/aromatic N) is 5. The Morgan fingerprint density at radius 3 is 2.73 bits per heavy atom. The van der Waals surface area contributed by atoms with Crippen LogP contribution in [0, 0.1) is 5.82 Å². The van der Waals surface area contributed by atoms with Gasteiger partial charge in [0.25, 0.3) is 0 Å². The van der Waals surface area contributed by atoms with Gasteiger partial charge in [-0.2, -0.15) is 0 Å². The summed E-state index contributed by atoms with van der Waals surface area (Å²) in [6, 6.07) is 11.1. The number of fused-ring (bicyclic) bond motifs is 1. The molecule has 0 spiro atoms. The molecule has 0 aliphatic heterocycles. The molecule has 0 amide bonds. The van der Waals surface area contributed by atoms with Crippen molar-refractivity contribution in [3.05, 3.63) is 54.6 Å². The van der Waals surface area contributed by atoms with Crippen molar-refractivity contribution in [3.63, 3.8) is 0 Å². The van der Waals surface area contributed by atoms with E-state index in [2.05, 4.69) is 25.3 Å². The lowest BCUT2D eigenvalue weighted by Crippen LogP contribution is -2.07. The summed E-state index contributed by atoms with van der Waals surface area (Å²) in [5.74, 6) is 0.391. The van der Waals surface area contributed by atoms with Gasteiger partial charge in [0.15, 0.2) is 10.9 Å². The highest BCUT2D eigenvalue weighted by Crippen LogP contribution is 2.31. The van der Waals surface area contributed by atoms with Gasteiger partial charge in [0.1, 0.15) is 11.5 Å². The van der Waals surface area contributed by atoms with Gasteiger partial charge in [0.2, 0.25) is 5.95 Å². The van der Waals surface area contributed by atoms with E-state index in [9.17, 15) is 4.39 Å². The third kappa shape index (κ3) is 3.18. The van der Waals surface area contributed by atoms with Crippen molar-refractivity contribution in [2.24, 2.45) is 0 Å². The van der Waals surface area contributed by atoms with E-state index < -0.39 is 5.82 Å². The molecule has 0 fully saturated rings. The van der Waals surface area contributed by atoms with Crippen LogP contribution in [0.5, 0.6) is 0 Å². The second-order valence-electron chi connectivity index (χ2n) is 5.80. The number of anilines is 3. The SMILES string of the molecule is CN(C)c1nc2cc(-c3nc(Nc4ccccn4)ncc3F)ccc2s1. The predicted octanol–water partition coefficient (Wildman–Crippen LogP) is 4.10. The molecule has 0 aliphatic rings. The fourth-order valence-corrected chi connectivity index (χ4v) is 3.30. The van der Waals surface area contributed by atoms with Gasteiger partial charge in [0.05, 0.1) is 16.4 Å². The highest BCUT2D eigenvalue weighted by Gasteiger charge is 2.13. The molecular formula is C18H15FN6S. The maximum absolute atomic E-state index is 14.3. The third-order valence-corrected chi connectivity index (χ3v) is 4.89. The van der Waals surface area contributed by atoms with Crippen molar-refractivity contribution in [1.29, 1.82) is 0 Å². The molecule has 0 atom stereocenters. The summed E-state index contributed by atoms with van der Waals surface area (Å²) < 4.78 is 15.4. The number of thiazole rings is 1. The fraction of sp³-hybridized carbons (Fsp3) is 0.111. The number of aromatic nitrogens is 4. The number of benzene rings is 1. The topological polar surface area (TPSA) is 66.8 Å². The Morgan fingerprint density at radius 1 is 1.08 bits per heavy atom. The normalized spacial score (nSPS) is 10.9. The van der Waals surface area contributed by atoms with Crippen molar-refractivity contribution in [3.8, 4) is 11.3 Å². The van der Waals surface area contributed by atoms with Crippen LogP contribution in [0.25, 0.3) is 21.5 Å². The minimum Gasteiger partial charge on any atom is -0.354 e. The monoisotopic (exact) mass is 366 g/mol. The lowest BCUT2D eigenvalue weighted by Gasteiger charge is -2.07. The Kier molecular flexibility index (Phi) is 4.18. The molecule has 0 saturated carbocycles. The third-order valence-electron chi connectivity index (χ3n) is 3.68. The van der Waals surface area contributed by atoms with Crippen LogP contribution in [-0.2, 0) is 0 Å². The first-order valence-corrected chi connectivity index (χ1v) is 8.71. The van der Waals surface area contributed by atoms with Gasteiger partial charge in [-0.1, -0.05) is 23.5 Å². The zero-order valence-corrected chi connectivity index (χ0v) is 15.0. The maximum Gasteiger partial charge on any atom is 0.229 e. The van der Waals surface area contributed by atoms with Crippen LogP contribution in [0.15, 0.2) is 48.8 Å². The quantitative estimate of drug-likeness (QED) is 0.587. The van der Waals surface area contributed by atoms with E-state index in [1.807, 2.05) is 49.3 Å². The zero-order chi connectivity index (χ0) is 18.1. The fourth-order valence-electron chi connectivity index (χ4n) is 2.43. The summed E-state index contributed by atoms with van der Waals surface area (Å²) in [4.78, 5) is 19.0. The summed E-state index contributed by atoms with van der Waals surface area (Å²) in [6.45, 7) is 0. The van der Waals surface area contributed by atoms with Crippen LogP contribution >= 0.6 is 11.3 Å². The van der Waals surface area contributed by atoms with Gasteiger partial charge in [-0.3, -0.25) is 0 Å². The van der Waals surface area contributed by atoms with Gasteiger partial charge in [0, 0.05) is 25.9 Å². The molecule has 0 saturated heterocycles. The molecule has 6 nitrogen and oxygen atoms in total. The number of hydrogen-bond donors (Lipinski definition) is 1. The number of pyridine rings is 1. The van der Waals surface area contributed by atoms with E-state index in [1.54, 1.807) is 23.6 Å². The highest BCUT2D eigenvalue weighted by molar-refractivity contribution is 7.22. The van der Waals surface area contributed by atoms with Gasteiger partial charge in [-0.05, 0) is 24.3 Å². The molecule has 130 valence electrons. The van der Waals surface area contributed by atoms with E-state index in [4.69, 9.17) is 0 Å². The molecule has 0 bridgehead atoms. The Bertz CT molecular complexity index is 1060. The van der Waals surface area contributed by atoms with Crippen LogP contribution in [0.4, 0.5) is 21.3 Å². The van der Waals surface area contributed by atoms with Crippen LogP contribution in [0.1, 0.15) is 0 Å². The molecule has 4 rings (SSSR count). The Labute approximate surface area is 153 Å². The minimum absolute atomic E-state index is 0.222. The average molecular weight is 366 g/mol. The van der Waals surface area contributed by atoms with Crippen molar-refractivity contribution in [2.45, 2.75) is 0 Å². The molecular weight excluding hydrogens is 351 g/mol. The van der Waals surface area contributed by atoms with Gasteiger partial charge in [-0.15, -0.1) is 0 Å². The van der Waals surface area contributed by atoms with Gasteiger partial charge in [-0.25, -0.2) is 24.3 Å². The van der Waals surface area contributed by atoms with Crippen molar-refractivity contribution < 1.29 is 4.39 Å². The molecule has 0 radical (unpaired) electrons. The largest absolute Gasteiger partial charge is 0.354 e. The van der Waals surface area contributed by atoms with Crippen molar-refractivity contribution in [1.82, 2.24) is 19.9 Å². The van der Waals surface area contributed by atoms with E-state index >= 15 is 0 Å². The average Bonchev–Trinajstić information content (AvgIpc) is 3.08. The smallest absolute Gasteiger partial charge is 0.229 e. The second kappa shape index (κ2) is 6.64. The molecule has 1 aromatic carbocycles. The summed E-state index contributed by atoms with van der Waals surface area (Å²) in [5.41, 5.74) is 1.69. The molecule has 1 N–H and O–H groups in total. The molecule has 0 unspecified atom stereocenters. The first kappa shape index (κ1) is 16.3. The van der Waals surface area contributed by atoms with E-state index in [1.165, 1.54) is 0 Å². The minimum atomic E-state index is -0.487. The van der Waals surface area contributed by atoms with Crippen LogP contribution in [-0.4, -0.2) is 34.0 Å². The lowest BCUT2D eigenvalue weighted by molar-refractivity contribution is 0.619. The number of halogens is 1. The number of nitrogens with one attached hydrogen (secondary N) is 1. The molecule has 3 heterocycles. The highest BCUT2D eigenvalue weighted by atomic mass is 32.1. The Balaban J connectivity index is 1.72.